The summed E-state index contributed by atoms with van der Waals surface area (Å²) >= 11 is 4.22. The minimum atomic E-state index is -0.880. The van der Waals surface area contributed by atoms with Gasteiger partial charge in [0.1, 0.15) is 5.75 Å². The first-order chi connectivity index (χ1) is 19.7. The number of fused-ring (bicyclic) bond motifs is 1. The smallest absolute Gasteiger partial charge is 0.338 e. The maximum Gasteiger partial charge on any atom is 0.338 e. The summed E-state index contributed by atoms with van der Waals surface area (Å²) in [7, 11) is 1.54. The Balaban J connectivity index is 1.82. The molecule has 0 spiro atoms. The third kappa shape index (κ3) is 5.31. The average molecular weight is 636 g/mol. The maximum absolute atomic E-state index is 14.0. The van der Waals surface area contributed by atoms with Crippen molar-refractivity contribution >= 4 is 50.7 Å². The molecule has 0 fully saturated rings. The number of methoxy groups -OCH3 is 1. The molecule has 0 saturated heterocycles. The van der Waals surface area contributed by atoms with Crippen LogP contribution in [0.25, 0.3) is 11.8 Å². The number of aromatic nitrogens is 1. The number of esters is 1. The van der Waals surface area contributed by atoms with Crippen LogP contribution in [0.4, 0.5) is 5.69 Å². The Morgan fingerprint density at radius 3 is 2.54 bits per heavy atom. The number of aromatic hydroxyl groups is 1. The van der Waals surface area contributed by atoms with E-state index in [2.05, 4.69) is 15.9 Å². The number of thiazole rings is 1. The van der Waals surface area contributed by atoms with Crippen LogP contribution in [0.15, 0.2) is 86.6 Å². The van der Waals surface area contributed by atoms with Crippen LogP contribution in [0.5, 0.6) is 11.5 Å². The van der Waals surface area contributed by atoms with Gasteiger partial charge in [-0.15, -0.1) is 0 Å². The SMILES string of the molecule is CCOC(=O)C1=C(c2ccccc2)N=c2s/c(=C\c3cc(Br)c(O)c([N+](=O)[O-])c3)c(=O)n2[C@H]1c1ccc(OC)cc1. The van der Waals surface area contributed by atoms with E-state index in [1.165, 1.54) is 22.8 Å². The van der Waals surface area contributed by atoms with Crippen LogP contribution in [0.2, 0.25) is 0 Å². The summed E-state index contributed by atoms with van der Waals surface area (Å²) in [6.45, 7) is 1.83. The van der Waals surface area contributed by atoms with Crippen molar-refractivity contribution in [3.63, 3.8) is 0 Å². The fraction of sp³-hybridized carbons (Fsp3) is 0.138. The van der Waals surface area contributed by atoms with Gasteiger partial charge in [0.2, 0.25) is 5.75 Å². The minimum Gasteiger partial charge on any atom is -0.501 e. The molecule has 1 atom stereocenters. The van der Waals surface area contributed by atoms with Gasteiger partial charge in [-0.2, -0.15) is 0 Å². The van der Waals surface area contributed by atoms with Crippen LogP contribution in [0.1, 0.15) is 29.7 Å². The molecule has 41 heavy (non-hydrogen) atoms. The van der Waals surface area contributed by atoms with E-state index in [1.807, 2.05) is 30.3 Å². The predicted octanol–water partition coefficient (Wildman–Crippen LogP) is 4.32. The zero-order valence-corrected chi connectivity index (χ0v) is 24.1. The lowest BCUT2D eigenvalue weighted by Gasteiger charge is -2.26. The number of hydrogen-bond acceptors (Lipinski definition) is 9. The topological polar surface area (TPSA) is 133 Å². The Morgan fingerprint density at radius 1 is 1.20 bits per heavy atom. The highest BCUT2D eigenvalue weighted by Crippen LogP contribution is 2.37. The lowest BCUT2D eigenvalue weighted by atomic mass is 9.93. The third-order valence-electron chi connectivity index (χ3n) is 6.37. The monoisotopic (exact) mass is 635 g/mol. The quantitative estimate of drug-likeness (QED) is 0.182. The van der Waals surface area contributed by atoms with Crippen molar-refractivity contribution in [2.75, 3.05) is 13.7 Å². The molecule has 12 heteroatoms. The number of halogens is 1. The van der Waals surface area contributed by atoms with Gasteiger partial charge in [0.15, 0.2) is 4.80 Å². The molecule has 208 valence electrons. The number of phenols is 1. The molecule has 10 nitrogen and oxygen atoms in total. The van der Waals surface area contributed by atoms with Crippen molar-refractivity contribution in [1.29, 1.82) is 0 Å². The fourth-order valence-electron chi connectivity index (χ4n) is 4.52. The second-order valence-electron chi connectivity index (χ2n) is 8.83. The second kappa shape index (κ2) is 11.5. The lowest BCUT2D eigenvalue weighted by molar-refractivity contribution is -0.386. The van der Waals surface area contributed by atoms with Crippen molar-refractivity contribution in [3.8, 4) is 11.5 Å². The number of ether oxygens (including phenoxy) is 2. The number of carbonyl (C=O) groups is 1. The summed E-state index contributed by atoms with van der Waals surface area (Å²) < 4.78 is 12.5. The minimum absolute atomic E-state index is 0.109. The molecule has 4 aromatic rings. The third-order valence-corrected chi connectivity index (χ3v) is 7.95. The first kappa shape index (κ1) is 28.0. The van der Waals surface area contributed by atoms with Crippen LogP contribution in [-0.4, -0.2) is 34.3 Å². The van der Waals surface area contributed by atoms with Gasteiger partial charge < -0.3 is 14.6 Å². The van der Waals surface area contributed by atoms with E-state index in [4.69, 9.17) is 14.5 Å². The molecule has 1 aromatic heterocycles. The summed E-state index contributed by atoms with van der Waals surface area (Å²) in [5, 5.41) is 21.5. The molecule has 0 amide bonds. The first-order valence-corrected chi connectivity index (χ1v) is 13.9. The fourth-order valence-corrected chi connectivity index (χ4v) is 5.99. The highest BCUT2D eigenvalue weighted by Gasteiger charge is 2.35. The standard InChI is InChI=1S/C29H22BrN3O7S/c1-3-40-28(36)23-24(17-7-5-4-6-8-17)31-29-32(25(23)18-9-11-19(39-2)12-10-18)27(35)22(41-29)15-16-13-20(30)26(34)21(14-16)33(37)38/h4-15,25,34H,3H2,1-2H3/b22-15-/t25-/m0/s1. The highest BCUT2D eigenvalue weighted by molar-refractivity contribution is 9.10. The van der Waals surface area contributed by atoms with Crippen molar-refractivity contribution < 1.29 is 24.3 Å². The van der Waals surface area contributed by atoms with Gasteiger partial charge in [-0.05, 0) is 58.3 Å². The molecule has 0 bridgehead atoms. The van der Waals surface area contributed by atoms with Gasteiger partial charge in [-0.3, -0.25) is 19.5 Å². The highest BCUT2D eigenvalue weighted by atomic mass is 79.9. The molecule has 2 heterocycles. The van der Waals surface area contributed by atoms with Crippen LogP contribution < -0.4 is 19.6 Å². The summed E-state index contributed by atoms with van der Waals surface area (Å²) in [4.78, 5) is 43.3. The van der Waals surface area contributed by atoms with E-state index in [0.29, 0.717) is 32.9 Å². The van der Waals surface area contributed by atoms with E-state index >= 15 is 0 Å². The van der Waals surface area contributed by atoms with Gasteiger partial charge in [-0.25, -0.2) is 9.79 Å². The molecular weight excluding hydrogens is 614 g/mol. The summed E-state index contributed by atoms with van der Waals surface area (Å²) in [5.41, 5.74) is 1.24. The maximum atomic E-state index is 14.0. The first-order valence-electron chi connectivity index (χ1n) is 12.3. The molecule has 1 aliphatic rings. The Morgan fingerprint density at radius 2 is 1.90 bits per heavy atom. The van der Waals surface area contributed by atoms with E-state index in [0.717, 1.165) is 11.3 Å². The number of hydrogen-bond donors (Lipinski definition) is 1. The van der Waals surface area contributed by atoms with Crippen LogP contribution in [0.3, 0.4) is 0 Å². The normalized spacial score (nSPS) is 14.8. The van der Waals surface area contributed by atoms with Gasteiger partial charge in [0.05, 0.1) is 45.0 Å². The second-order valence-corrected chi connectivity index (χ2v) is 10.7. The Hall–Kier alpha value is -4.55. The molecule has 1 N–H and O–H groups in total. The van der Waals surface area contributed by atoms with Gasteiger partial charge in [0, 0.05) is 11.6 Å². The van der Waals surface area contributed by atoms with Gasteiger partial charge >= 0.3 is 11.7 Å². The van der Waals surface area contributed by atoms with Crippen LogP contribution in [0, 0.1) is 10.1 Å². The summed E-state index contributed by atoms with van der Waals surface area (Å²) in [6.07, 6.45) is 1.49. The Bertz CT molecular complexity index is 1880. The molecule has 3 aromatic carbocycles. The van der Waals surface area contributed by atoms with Crippen molar-refractivity contribution in [2.45, 2.75) is 13.0 Å². The zero-order chi connectivity index (χ0) is 29.3. The van der Waals surface area contributed by atoms with Gasteiger partial charge in [0.25, 0.3) is 5.56 Å². The molecule has 0 radical (unpaired) electrons. The molecule has 1 aliphatic heterocycles. The van der Waals surface area contributed by atoms with E-state index in [1.54, 1.807) is 38.3 Å². The Kier molecular flexibility index (Phi) is 7.86. The largest absolute Gasteiger partial charge is 0.501 e. The molecule has 0 saturated carbocycles. The number of rotatable bonds is 7. The van der Waals surface area contributed by atoms with Crippen LogP contribution >= 0.6 is 27.3 Å². The number of carbonyl (C=O) groups excluding carboxylic acids is 1. The molecular formula is C29H22BrN3O7S. The number of nitrogens with zero attached hydrogens (tertiary/aromatic N) is 3. The number of phenolic OH excluding ortho intramolecular Hbond substituents is 1. The average Bonchev–Trinajstić information content (AvgIpc) is 3.28. The molecule has 5 rings (SSSR count). The number of nitro groups is 1. The molecule has 0 aliphatic carbocycles. The predicted molar refractivity (Wildman–Crippen MR) is 157 cm³/mol. The summed E-state index contributed by atoms with van der Waals surface area (Å²) in [6, 6.07) is 17.9. The van der Waals surface area contributed by atoms with Crippen LogP contribution in [-0.2, 0) is 9.53 Å². The van der Waals surface area contributed by atoms with Gasteiger partial charge in [-0.1, -0.05) is 53.8 Å². The van der Waals surface area contributed by atoms with Crippen molar-refractivity contribution in [3.05, 3.63) is 123 Å². The van der Waals surface area contributed by atoms with E-state index in [-0.39, 0.29) is 21.2 Å². The summed E-state index contributed by atoms with van der Waals surface area (Å²) in [5.74, 6) is -0.520. The van der Waals surface area contributed by atoms with E-state index < -0.39 is 33.9 Å². The van der Waals surface area contributed by atoms with Crippen molar-refractivity contribution in [1.82, 2.24) is 4.57 Å². The lowest BCUT2D eigenvalue weighted by Crippen LogP contribution is -2.40. The zero-order valence-electron chi connectivity index (χ0n) is 21.7. The molecule has 0 unspecified atom stereocenters. The van der Waals surface area contributed by atoms with E-state index in [9.17, 15) is 24.8 Å². The number of benzene rings is 3. The van der Waals surface area contributed by atoms with Crippen molar-refractivity contribution in [2.24, 2.45) is 4.99 Å². The number of nitro benzene ring substituents is 1. The Labute approximate surface area is 245 Å².